The number of aromatic amines is 1. The van der Waals surface area contributed by atoms with Gasteiger partial charge in [0.1, 0.15) is 5.82 Å². The molecule has 0 aliphatic heterocycles. The molecular formula is C23H29FN4O3. The van der Waals surface area contributed by atoms with E-state index in [0.29, 0.717) is 42.9 Å². The van der Waals surface area contributed by atoms with Gasteiger partial charge in [-0.25, -0.2) is 4.39 Å². The first-order chi connectivity index (χ1) is 15.1. The molecule has 166 valence electrons. The number of guanidine groups is 1. The van der Waals surface area contributed by atoms with Gasteiger partial charge in [0.05, 0.1) is 20.8 Å². The third kappa shape index (κ3) is 5.39. The number of aliphatic imine (C=N–C) groups is 1. The predicted octanol–water partition coefficient (Wildman–Crippen LogP) is 3.63. The Morgan fingerprint density at radius 3 is 2.48 bits per heavy atom. The van der Waals surface area contributed by atoms with E-state index >= 15 is 0 Å². The molecule has 3 N–H and O–H groups in total. The molecule has 0 unspecified atom stereocenters. The fourth-order valence-corrected chi connectivity index (χ4v) is 3.40. The van der Waals surface area contributed by atoms with Gasteiger partial charge in [0.15, 0.2) is 17.5 Å². The zero-order valence-electron chi connectivity index (χ0n) is 18.3. The molecule has 8 heteroatoms. The molecule has 3 rings (SSSR count). The van der Waals surface area contributed by atoms with E-state index in [9.17, 15) is 4.39 Å². The van der Waals surface area contributed by atoms with E-state index < -0.39 is 0 Å². The molecule has 0 aliphatic rings. The number of aromatic nitrogens is 1. The molecule has 1 aromatic heterocycles. The van der Waals surface area contributed by atoms with E-state index in [4.69, 9.17) is 14.2 Å². The van der Waals surface area contributed by atoms with Crippen molar-refractivity contribution in [2.75, 3.05) is 34.4 Å². The van der Waals surface area contributed by atoms with Crippen LogP contribution in [0.1, 0.15) is 18.1 Å². The zero-order valence-corrected chi connectivity index (χ0v) is 18.3. The van der Waals surface area contributed by atoms with Crippen LogP contribution in [0, 0.1) is 5.82 Å². The predicted molar refractivity (Wildman–Crippen MR) is 121 cm³/mol. The summed E-state index contributed by atoms with van der Waals surface area (Å²) in [6.07, 6.45) is 2.65. The maximum atomic E-state index is 13.6. The first-order valence-electron chi connectivity index (χ1n) is 10.2. The average molecular weight is 429 g/mol. The van der Waals surface area contributed by atoms with Crippen LogP contribution < -0.4 is 24.8 Å². The van der Waals surface area contributed by atoms with Crippen molar-refractivity contribution in [2.24, 2.45) is 4.99 Å². The Labute approximate surface area is 181 Å². The van der Waals surface area contributed by atoms with Gasteiger partial charge in [-0.15, -0.1) is 0 Å². The Morgan fingerprint density at radius 1 is 1.10 bits per heavy atom. The number of nitrogens with one attached hydrogen (secondary N) is 3. The summed E-state index contributed by atoms with van der Waals surface area (Å²) in [6.45, 7) is 3.61. The number of hydrogen-bond donors (Lipinski definition) is 3. The van der Waals surface area contributed by atoms with Gasteiger partial charge < -0.3 is 29.8 Å². The normalized spacial score (nSPS) is 11.5. The summed E-state index contributed by atoms with van der Waals surface area (Å²) in [5, 5.41) is 7.48. The number of nitrogens with zero attached hydrogens (tertiary/aromatic N) is 1. The van der Waals surface area contributed by atoms with Gasteiger partial charge in [-0.3, -0.25) is 4.99 Å². The molecular weight excluding hydrogens is 399 g/mol. The van der Waals surface area contributed by atoms with Crippen molar-refractivity contribution in [3.63, 3.8) is 0 Å². The second-order valence-corrected chi connectivity index (χ2v) is 6.87. The molecule has 31 heavy (non-hydrogen) atoms. The molecule has 0 aliphatic carbocycles. The summed E-state index contributed by atoms with van der Waals surface area (Å²) in [5.74, 6) is 2.26. The molecule has 3 aromatic rings. The number of benzene rings is 2. The maximum Gasteiger partial charge on any atom is 0.203 e. The lowest BCUT2D eigenvalue weighted by atomic mass is 10.1. The summed E-state index contributed by atoms with van der Waals surface area (Å²) in [7, 11) is 4.92. The first kappa shape index (κ1) is 22.3. The van der Waals surface area contributed by atoms with Crippen LogP contribution in [0.3, 0.4) is 0 Å². The summed E-state index contributed by atoms with van der Waals surface area (Å²) in [6, 6.07) is 8.59. The van der Waals surface area contributed by atoms with Gasteiger partial charge in [0.25, 0.3) is 0 Å². The van der Waals surface area contributed by atoms with Crippen LogP contribution in [0.4, 0.5) is 4.39 Å². The lowest BCUT2D eigenvalue weighted by Gasteiger charge is -2.16. The minimum absolute atomic E-state index is 0.236. The lowest BCUT2D eigenvalue weighted by molar-refractivity contribution is 0.288. The molecule has 0 saturated heterocycles. The number of H-pyrrole nitrogens is 1. The highest BCUT2D eigenvalue weighted by Gasteiger charge is 2.14. The van der Waals surface area contributed by atoms with Crippen LogP contribution in [0.2, 0.25) is 0 Å². The third-order valence-corrected chi connectivity index (χ3v) is 4.91. The summed E-state index contributed by atoms with van der Waals surface area (Å²) >= 11 is 0. The number of fused-ring (bicyclic) bond motifs is 1. The van der Waals surface area contributed by atoms with E-state index in [2.05, 4.69) is 20.6 Å². The highest BCUT2D eigenvalue weighted by molar-refractivity contribution is 5.83. The molecule has 0 amide bonds. The van der Waals surface area contributed by atoms with Gasteiger partial charge in [0.2, 0.25) is 5.75 Å². The van der Waals surface area contributed by atoms with Gasteiger partial charge in [-0.2, -0.15) is 0 Å². The van der Waals surface area contributed by atoms with Crippen LogP contribution in [0.5, 0.6) is 17.2 Å². The molecule has 0 saturated carbocycles. The minimum atomic E-state index is -0.236. The third-order valence-electron chi connectivity index (χ3n) is 4.91. The standard InChI is InChI=1S/C23H29FN4O3/c1-5-31-22-20(29-3)10-15(11-21(22)30-4)13-28-23(25-2)26-9-8-16-14-27-19-7-6-17(24)12-18(16)19/h6-7,10-12,14,27H,5,8-9,13H2,1-4H3,(H2,25,26,28). The summed E-state index contributed by atoms with van der Waals surface area (Å²) in [4.78, 5) is 7.44. The highest BCUT2D eigenvalue weighted by Crippen LogP contribution is 2.38. The molecule has 0 bridgehead atoms. The Morgan fingerprint density at radius 2 is 1.84 bits per heavy atom. The number of methoxy groups -OCH3 is 2. The second-order valence-electron chi connectivity index (χ2n) is 6.87. The van der Waals surface area contributed by atoms with Gasteiger partial charge in [0, 0.05) is 37.2 Å². The molecule has 0 spiro atoms. The SMILES string of the molecule is CCOc1c(OC)cc(CNC(=NC)NCCc2c[nH]c3ccc(F)cc23)cc1OC. The summed E-state index contributed by atoms with van der Waals surface area (Å²) < 4.78 is 30.1. The van der Waals surface area contributed by atoms with E-state index in [0.717, 1.165) is 28.5 Å². The van der Waals surface area contributed by atoms with E-state index in [1.54, 1.807) is 33.4 Å². The average Bonchev–Trinajstić information content (AvgIpc) is 3.18. The van der Waals surface area contributed by atoms with Crippen LogP contribution in [0.15, 0.2) is 41.5 Å². The molecule has 1 heterocycles. The van der Waals surface area contributed by atoms with Gasteiger partial charge in [-0.05, 0) is 54.8 Å². The Balaban J connectivity index is 1.59. The molecule has 0 fully saturated rings. The molecule has 0 atom stereocenters. The van der Waals surface area contributed by atoms with Crippen molar-refractivity contribution in [2.45, 2.75) is 19.9 Å². The Bertz CT molecular complexity index is 1020. The van der Waals surface area contributed by atoms with Crippen molar-refractivity contribution < 1.29 is 18.6 Å². The van der Waals surface area contributed by atoms with Crippen LogP contribution >= 0.6 is 0 Å². The molecule has 2 aromatic carbocycles. The number of hydrogen-bond acceptors (Lipinski definition) is 4. The molecule has 0 radical (unpaired) electrons. The minimum Gasteiger partial charge on any atom is -0.493 e. The van der Waals surface area contributed by atoms with Crippen LogP contribution in [-0.4, -0.2) is 45.4 Å². The van der Waals surface area contributed by atoms with Crippen molar-refractivity contribution in [1.29, 1.82) is 0 Å². The lowest BCUT2D eigenvalue weighted by Crippen LogP contribution is -2.37. The van der Waals surface area contributed by atoms with Crippen LogP contribution in [0.25, 0.3) is 10.9 Å². The van der Waals surface area contributed by atoms with Crippen molar-refractivity contribution in [3.8, 4) is 17.2 Å². The Hall–Kier alpha value is -3.42. The second kappa shape index (κ2) is 10.6. The van der Waals surface area contributed by atoms with E-state index in [-0.39, 0.29) is 5.82 Å². The van der Waals surface area contributed by atoms with Crippen molar-refractivity contribution >= 4 is 16.9 Å². The monoisotopic (exact) mass is 428 g/mol. The number of ether oxygens (including phenoxy) is 3. The van der Waals surface area contributed by atoms with Gasteiger partial charge in [-0.1, -0.05) is 0 Å². The number of rotatable bonds is 9. The van der Waals surface area contributed by atoms with Crippen molar-refractivity contribution in [1.82, 2.24) is 15.6 Å². The summed E-state index contributed by atoms with van der Waals surface area (Å²) in [5.41, 5.74) is 2.95. The first-order valence-corrected chi connectivity index (χ1v) is 10.2. The Kier molecular flexibility index (Phi) is 7.59. The van der Waals surface area contributed by atoms with E-state index in [1.807, 2.05) is 25.3 Å². The number of halogens is 1. The molecule has 7 nitrogen and oxygen atoms in total. The smallest absolute Gasteiger partial charge is 0.203 e. The zero-order chi connectivity index (χ0) is 22.2. The fourth-order valence-electron chi connectivity index (χ4n) is 3.40. The van der Waals surface area contributed by atoms with Crippen LogP contribution in [-0.2, 0) is 13.0 Å². The van der Waals surface area contributed by atoms with E-state index in [1.165, 1.54) is 6.07 Å². The largest absolute Gasteiger partial charge is 0.493 e. The quantitative estimate of drug-likeness (QED) is 0.358. The fraction of sp³-hybridized carbons (Fsp3) is 0.348. The highest BCUT2D eigenvalue weighted by atomic mass is 19.1. The maximum absolute atomic E-state index is 13.6. The topological polar surface area (TPSA) is 79.9 Å². The van der Waals surface area contributed by atoms with Gasteiger partial charge >= 0.3 is 0 Å². The van der Waals surface area contributed by atoms with Crippen molar-refractivity contribution in [3.05, 3.63) is 53.5 Å².